The van der Waals surface area contributed by atoms with Gasteiger partial charge in [-0.05, 0) is 50.5 Å². The molecule has 1 aliphatic carbocycles. The zero-order valence-corrected chi connectivity index (χ0v) is 12.4. The van der Waals surface area contributed by atoms with E-state index in [2.05, 4.69) is 32.6 Å². The molecule has 102 valence electrons. The number of hydrogen-bond acceptors (Lipinski definition) is 2. The minimum atomic E-state index is -0.187. The van der Waals surface area contributed by atoms with Gasteiger partial charge in [0.25, 0.3) is 0 Å². The van der Waals surface area contributed by atoms with Gasteiger partial charge < -0.3 is 5.11 Å². The number of aliphatic hydroxyl groups is 1. The van der Waals surface area contributed by atoms with Gasteiger partial charge in [-0.1, -0.05) is 27.7 Å². The Kier molecular flexibility index (Phi) is 5.46. The molecule has 0 bridgehead atoms. The molecule has 0 amide bonds. The molecule has 1 saturated carbocycles. The summed E-state index contributed by atoms with van der Waals surface area (Å²) in [6.45, 7) is 13.2. The standard InChI is InChI=1S/C15H31NO/c1-12(10-15(3,4)5)8-9-16(11-13(2)17)14-6-7-14/h12-14,17H,6-11H2,1-5H3. The van der Waals surface area contributed by atoms with Gasteiger partial charge in [0, 0.05) is 12.6 Å². The summed E-state index contributed by atoms with van der Waals surface area (Å²) in [7, 11) is 0. The van der Waals surface area contributed by atoms with Crippen LogP contribution in [0.1, 0.15) is 60.3 Å². The van der Waals surface area contributed by atoms with Crippen LogP contribution in [0.5, 0.6) is 0 Å². The predicted octanol–water partition coefficient (Wildman–Crippen LogP) is 3.29. The third kappa shape index (κ3) is 7.05. The number of rotatable bonds is 7. The quantitative estimate of drug-likeness (QED) is 0.739. The van der Waals surface area contributed by atoms with Crippen molar-refractivity contribution in [3.63, 3.8) is 0 Å². The van der Waals surface area contributed by atoms with Crippen molar-refractivity contribution in [2.45, 2.75) is 72.4 Å². The molecule has 0 radical (unpaired) electrons. The van der Waals surface area contributed by atoms with Gasteiger partial charge in [-0.15, -0.1) is 0 Å². The van der Waals surface area contributed by atoms with Gasteiger partial charge in [0.2, 0.25) is 0 Å². The van der Waals surface area contributed by atoms with E-state index < -0.39 is 0 Å². The minimum absolute atomic E-state index is 0.187. The number of aliphatic hydroxyl groups excluding tert-OH is 1. The van der Waals surface area contributed by atoms with Gasteiger partial charge in [-0.25, -0.2) is 0 Å². The van der Waals surface area contributed by atoms with Crippen LogP contribution in [0.2, 0.25) is 0 Å². The highest BCUT2D eigenvalue weighted by atomic mass is 16.3. The highest BCUT2D eigenvalue weighted by Crippen LogP contribution is 2.29. The van der Waals surface area contributed by atoms with Crippen LogP contribution >= 0.6 is 0 Å². The van der Waals surface area contributed by atoms with Gasteiger partial charge >= 0.3 is 0 Å². The molecule has 17 heavy (non-hydrogen) atoms. The Balaban J connectivity index is 2.26. The zero-order chi connectivity index (χ0) is 13.1. The Morgan fingerprint density at radius 1 is 1.24 bits per heavy atom. The molecule has 2 nitrogen and oxygen atoms in total. The SMILES string of the molecule is CC(O)CN(CCC(C)CC(C)(C)C)C1CC1. The fourth-order valence-corrected chi connectivity index (χ4v) is 2.74. The van der Waals surface area contributed by atoms with Crippen molar-refractivity contribution in [1.82, 2.24) is 4.90 Å². The largest absolute Gasteiger partial charge is 0.392 e. The molecule has 0 aromatic heterocycles. The van der Waals surface area contributed by atoms with E-state index in [-0.39, 0.29) is 6.10 Å². The maximum absolute atomic E-state index is 9.51. The predicted molar refractivity (Wildman–Crippen MR) is 74.1 cm³/mol. The maximum atomic E-state index is 9.51. The van der Waals surface area contributed by atoms with Crippen molar-refractivity contribution in [1.29, 1.82) is 0 Å². The van der Waals surface area contributed by atoms with Crippen molar-refractivity contribution in [2.24, 2.45) is 11.3 Å². The minimum Gasteiger partial charge on any atom is -0.392 e. The van der Waals surface area contributed by atoms with Crippen molar-refractivity contribution in [3.8, 4) is 0 Å². The summed E-state index contributed by atoms with van der Waals surface area (Å²) in [6.07, 6.45) is 5.04. The van der Waals surface area contributed by atoms with E-state index in [4.69, 9.17) is 0 Å². The molecule has 1 N–H and O–H groups in total. The first kappa shape index (κ1) is 15.0. The molecule has 1 fully saturated rings. The molecule has 0 aromatic carbocycles. The van der Waals surface area contributed by atoms with Crippen LogP contribution in [0.15, 0.2) is 0 Å². The van der Waals surface area contributed by atoms with Gasteiger partial charge in [0.15, 0.2) is 0 Å². The lowest BCUT2D eigenvalue weighted by molar-refractivity contribution is 0.115. The van der Waals surface area contributed by atoms with Crippen LogP contribution in [0, 0.1) is 11.3 Å². The first-order chi connectivity index (χ1) is 7.78. The molecule has 0 aromatic rings. The molecular weight excluding hydrogens is 210 g/mol. The molecule has 0 heterocycles. The van der Waals surface area contributed by atoms with E-state index >= 15 is 0 Å². The third-order valence-corrected chi connectivity index (χ3v) is 3.43. The number of hydrogen-bond donors (Lipinski definition) is 1. The monoisotopic (exact) mass is 241 g/mol. The normalized spacial score (nSPS) is 20.6. The summed E-state index contributed by atoms with van der Waals surface area (Å²) < 4.78 is 0. The molecule has 1 rings (SSSR count). The van der Waals surface area contributed by atoms with Crippen LogP contribution in [0.3, 0.4) is 0 Å². The highest BCUT2D eigenvalue weighted by Gasteiger charge is 2.29. The van der Waals surface area contributed by atoms with Crippen molar-refractivity contribution < 1.29 is 5.11 Å². The molecule has 2 atom stereocenters. The second-order valence-corrected chi connectivity index (χ2v) is 7.23. The summed E-state index contributed by atoms with van der Waals surface area (Å²) in [5.41, 5.74) is 0.439. The Hall–Kier alpha value is -0.0800. The second kappa shape index (κ2) is 6.19. The third-order valence-electron chi connectivity index (χ3n) is 3.43. The van der Waals surface area contributed by atoms with Crippen LogP contribution in [0.25, 0.3) is 0 Å². The van der Waals surface area contributed by atoms with Gasteiger partial charge in [0.05, 0.1) is 6.10 Å². The van der Waals surface area contributed by atoms with Crippen molar-refractivity contribution >= 4 is 0 Å². The molecule has 0 aliphatic heterocycles. The summed E-state index contributed by atoms with van der Waals surface area (Å²) in [6, 6.07) is 0.770. The Labute approximate surface area is 107 Å². The fraction of sp³-hybridized carbons (Fsp3) is 1.00. The fourth-order valence-electron chi connectivity index (χ4n) is 2.74. The van der Waals surface area contributed by atoms with Gasteiger partial charge in [0.1, 0.15) is 0 Å². The molecular formula is C15H31NO. The van der Waals surface area contributed by atoms with Crippen LogP contribution in [-0.2, 0) is 0 Å². The van der Waals surface area contributed by atoms with Gasteiger partial charge in [-0.2, -0.15) is 0 Å². The Bertz CT molecular complexity index is 215. The molecule has 0 spiro atoms. The van der Waals surface area contributed by atoms with Crippen molar-refractivity contribution in [3.05, 3.63) is 0 Å². The summed E-state index contributed by atoms with van der Waals surface area (Å²) in [4.78, 5) is 2.49. The maximum Gasteiger partial charge on any atom is 0.0639 e. The lowest BCUT2D eigenvalue weighted by Gasteiger charge is -2.27. The smallest absolute Gasteiger partial charge is 0.0639 e. The van der Waals surface area contributed by atoms with E-state index in [1.165, 1.54) is 25.7 Å². The summed E-state index contributed by atoms with van der Waals surface area (Å²) in [5, 5.41) is 9.51. The molecule has 2 heteroatoms. The number of nitrogens with zero attached hydrogens (tertiary/aromatic N) is 1. The topological polar surface area (TPSA) is 23.5 Å². The van der Waals surface area contributed by atoms with E-state index in [0.717, 1.165) is 25.0 Å². The lowest BCUT2D eigenvalue weighted by atomic mass is 9.84. The molecule has 2 unspecified atom stereocenters. The lowest BCUT2D eigenvalue weighted by Crippen LogP contribution is -2.34. The average Bonchev–Trinajstić information content (AvgIpc) is 2.91. The van der Waals surface area contributed by atoms with E-state index in [1.54, 1.807) is 0 Å². The summed E-state index contributed by atoms with van der Waals surface area (Å²) >= 11 is 0. The van der Waals surface area contributed by atoms with Crippen molar-refractivity contribution in [2.75, 3.05) is 13.1 Å². The van der Waals surface area contributed by atoms with Crippen LogP contribution in [-0.4, -0.2) is 35.2 Å². The second-order valence-electron chi connectivity index (χ2n) is 7.23. The zero-order valence-electron chi connectivity index (χ0n) is 12.4. The van der Waals surface area contributed by atoms with Crippen LogP contribution in [0.4, 0.5) is 0 Å². The Morgan fingerprint density at radius 3 is 2.24 bits per heavy atom. The van der Waals surface area contributed by atoms with E-state index in [1.807, 2.05) is 6.92 Å². The molecule has 0 saturated heterocycles. The molecule has 1 aliphatic rings. The average molecular weight is 241 g/mol. The van der Waals surface area contributed by atoms with E-state index in [9.17, 15) is 5.11 Å². The highest BCUT2D eigenvalue weighted by molar-refractivity contribution is 4.85. The van der Waals surface area contributed by atoms with Gasteiger partial charge in [-0.3, -0.25) is 4.90 Å². The van der Waals surface area contributed by atoms with E-state index in [0.29, 0.717) is 5.41 Å². The first-order valence-electron chi connectivity index (χ1n) is 7.20. The summed E-state index contributed by atoms with van der Waals surface area (Å²) in [5.74, 6) is 0.783. The first-order valence-corrected chi connectivity index (χ1v) is 7.20. The van der Waals surface area contributed by atoms with Crippen LogP contribution < -0.4 is 0 Å². The Morgan fingerprint density at radius 2 is 1.82 bits per heavy atom.